The Balaban J connectivity index is 2.91. The third-order valence-electron chi connectivity index (χ3n) is 1.15. The van der Waals surface area contributed by atoms with Crippen molar-refractivity contribution in [3.05, 3.63) is 10.7 Å². The number of carbonyl (C=O) groups is 1. The van der Waals surface area contributed by atoms with Crippen molar-refractivity contribution in [2.24, 2.45) is 0 Å². The lowest BCUT2D eigenvalue weighted by atomic mass is 10.4. The number of hydrogen-bond donors (Lipinski definition) is 3. The van der Waals surface area contributed by atoms with Crippen molar-refractivity contribution in [3.8, 4) is 0 Å². The van der Waals surface area contributed by atoms with E-state index in [0.717, 1.165) is 21.6 Å². The van der Waals surface area contributed by atoms with Crippen molar-refractivity contribution in [1.82, 2.24) is 0 Å². The Labute approximate surface area is 75.8 Å². The summed E-state index contributed by atoms with van der Waals surface area (Å²) >= 11 is 0. The highest BCUT2D eigenvalue weighted by molar-refractivity contribution is 8.78. The molecule has 0 aromatic heterocycles. The van der Waals surface area contributed by atoms with Crippen LogP contribution in [0, 0.1) is 0 Å². The highest BCUT2D eigenvalue weighted by Crippen LogP contribution is 2.57. The molecule has 0 bridgehead atoms. The first kappa shape index (κ1) is 10.1. The minimum Gasteiger partial charge on any atom is -0.480 e. The van der Waals surface area contributed by atoms with E-state index < -0.39 is 18.8 Å². The quantitative estimate of drug-likeness (QED) is 0.476. The van der Waals surface area contributed by atoms with Gasteiger partial charge in [-0.05, 0) is 5.41 Å². The van der Waals surface area contributed by atoms with E-state index in [1.165, 1.54) is 5.41 Å². The Bertz CT molecular complexity index is 281. The lowest BCUT2D eigenvalue weighted by Crippen LogP contribution is -2.15. The number of carboxylic acid groups (broad SMARTS) is 1. The minimum absolute atomic E-state index is 0.315. The lowest BCUT2D eigenvalue weighted by Gasteiger charge is -2.08. The number of aliphatic carboxylic acids is 1. The molecular formula is C4H5O5PS2. The average molecular weight is 228 g/mol. The van der Waals surface area contributed by atoms with Crippen LogP contribution in [0.1, 0.15) is 0 Å². The Morgan fingerprint density at radius 2 is 2.17 bits per heavy atom. The molecular weight excluding hydrogens is 223 g/mol. The second-order valence-electron chi connectivity index (χ2n) is 2.00. The largest absolute Gasteiger partial charge is 0.480 e. The van der Waals surface area contributed by atoms with Crippen molar-refractivity contribution in [1.29, 1.82) is 0 Å². The van der Waals surface area contributed by atoms with Gasteiger partial charge in [0.2, 0.25) is 0 Å². The van der Waals surface area contributed by atoms with Gasteiger partial charge >= 0.3 is 13.6 Å². The zero-order valence-corrected chi connectivity index (χ0v) is 8.10. The smallest absolute Gasteiger partial charge is 0.354 e. The normalized spacial score (nSPS) is 23.8. The van der Waals surface area contributed by atoms with Gasteiger partial charge in [0.05, 0.1) is 5.31 Å². The summed E-state index contributed by atoms with van der Waals surface area (Å²) in [6.45, 7) is 0. The molecule has 0 fully saturated rings. The molecule has 0 aromatic rings. The molecule has 8 heteroatoms. The summed E-state index contributed by atoms with van der Waals surface area (Å²) in [7, 11) is -2.44. The fourth-order valence-corrected chi connectivity index (χ4v) is 4.86. The van der Waals surface area contributed by atoms with Gasteiger partial charge in [0.1, 0.15) is 5.25 Å². The Morgan fingerprint density at radius 1 is 1.58 bits per heavy atom. The summed E-state index contributed by atoms with van der Waals surface area (Å²) in [5, 5.41) is 8.30. The molecule has 1 unspecified atom stereocenters. The maximum atomic E-state index is 10.7. The molecule has 0 amide bonds. The van der Waals surface area contributed by atoms with Gasteiger partial charge in [0.15, 0.2) is 0 Å². The maximum absolute atomic E-state index is 10.7. The Kier molecular flexibility index (Phi) is 2.90. The third-order valence-corrected chi connectivity index (χ3v) is 4.87. The number of hydrogen-bond acceptors (Lipinski definition) is 4. The Morgan fingerprint density at radius 3 is 2.50 bits per heavy atom. The van der Waals surface area contributed by atoms with Crippen LogP contribution in [0.5, 0.6) is 0 Å². The van der Waals surface area contributed by atoms with Crippen LogP contribution in [0.3, 0.4) is 0 Å². The molecule has 3 N–H and O–H groups in total. The van der Waals surface area contributed by atoms with Gasteiger partial charge in [-0.25, -0.2) is 0 Å². The molecule has 0 aromatic carbocycles. The first-order chi connectivity index (χ1) is 5.43. The van der Waals surface area contributed by atoms with E-state index in [1.54, 1.807) is 0 Å². The zero-order chi connectivity index (χ0) is 9.35. The highest BCUT2D eigenvalue weighted by atomic mass is 33.1. The monoisotopic (exact) mass is 228 g/mol. The summed E-state index contributed by atoms with van der Waals surface area (Å²) in [5.74, 6) is -1.22. The molecule has 1 atom stereocenters. The molecule has 0 saturated carbocycles. The molecule has 1 heterocycles. The molecule has 0 spiro atoms. The fraction of sp³-hybridized carbons (Fsp3) is 0.250. The number of carboxylic acids is 1. The van der Waals surface area contributed by atoms with Crippen LogP contribution in [0.15, 0.2) is 10.7 Å². The van der Waals surface area contributed by atoms with E-state index in [1.807, 2.05) is 0 Å². The maximum Gasteiger partial charge on any atom is 0.354 e. The van der Waals surface area contributed by atoms with Gasteiger partial charge in [-0.15, -0.1) is 0 Å². The summed E-state index contributed by atoms with van der Waals surface area (Å²) in [6, 6.07) is 0. The molecule has 1 rings (SSSR count). The van der Waals surface area contributed by atoms with E-state index >= 15 is 0 Å². The van der Waals surface area contributed by atoms with Gasteiger partial charge in [-0.1, -0.05) is 21.6 Å². The van der Waals surface area contributed by atoms with Crippen LogP contribution in [-0.2, 0) is 9.36 Å². The van der Waals surface area contributed by atoms with Crippen LogP contribution < -0.4 is 0 Å². The van der Waals surface area contributed by atoms with E-state index in [4.69, 9.17) is 14.9 Å². The zero-order valence-electron chi connectivity index (χ0n) is 5.58. The fourth-order valence-electron chi connectivity index (χ4n) is 0.633. The minimum atomic E-state index is -4.38. The van der Waals surface area contributed by atoms with Crippen molar-refractivity contribution in [3.63, 3.8) is 0 Å². The standard InChI is InChI=1S/C4H5O5PS2/c5-4(6)3-2(1-11-12-3)10(7,8)9/h1,3H,(H,5,6)(H2,7,8,9). The molecule has 0 radical (unpaired) electrons. The van der Waals surface area contributed by atoms with Gasteiger partial charge in [-0.2, -0.15) is 0 Å². The van der Waals surface area contributed by atoms with Crippen molar-refractivity contribution >= 4 is 35.2 Å². The van der Waals surface area contributed by atoms with E-state index in [2.05, 4.69) is 0 Å². The van der Waals surface area contributed by atoms with E-state index in [-0.39, 0.29) is 5.31 Å². The summed E-state index contributed by atoms with van der Waals surface area (Å²) < 4.78 is 10.7. The molecule has 1 aliphatic heterocycles. The average Bonchev–Trinajstić information content (AvgIpc) is 2.30. The van der Waals surface area contributed by atoms with Gasteiger partial charge in [0.25, 0.3) is 0 Å². The lowest BCUT2D eigenvalue weighted by molar-refractivity contribution is -0.135. The van der Waals surface area contributed by atoms with Gasteiger partial charge < -0.3 is 14.9 Å². The van der Waals surface area contributed by atoms with Crippen molar-refractivity contribution in [2.45, 2.75) is 5.25 Å². The predicted molar refractivity (Wildman–Crippen MR) is 46.7 cm³/mol. The first-order valence-electron chi connectivity index (χ1n) is 2.74. The Hall–Kier alpha value is 0.0600. The van der Waals surface area contributed by atoms with Crippen molar-refractivity contribution in [2.75, 3.05) is 0 Å². The van der Waals surface area contributed by atoms with Crippen LogP contribution in [-0.4, -0.2) is 26.1 Å². The van der Waals surface area contributed by atoms with Crippen LogP contribution in [0.25, 0.3) is 0 Å². The predicted octanol–water partition coefficient (Wildman–Crippen LogP) is 0.854. The SMILES string of the molecule is O=C(O)C1SSC=C1P(=O)(O)O. The second kappa shape index (κ2) is 3.43. The van der Waals surface area contributed by atoms with E-state index in [0.29, 0.717) is 0 Å². The highest BCUT2D eigenvalue weighted by Gasteiger charge is 2.38. The van der Waals surface area contributed by atoms with Crippen LogP contribution in [0.4, 0.5) is 0 Å². The first-order valence-corrected chi connectivity index (χ1v) is 6.63. The van der Waals surface area contributed by atoms with Gasteiger partial charge in [0, 0.05) is 0 Å². The molecule has 68 valence electrons. The van der Waals surface area contributed by atoms with Crippen LogP contribution >= 0.6 is 29.2 Å². The molecule has 0 aliphatic carbocycles. The third kappa shape index (κ3) is 2.05. The van der Waals surface area contributed by atoms with Crippen molar-refractivity contribution < 1.29 is 24.3 Å². The molecule has 0 saturated heterocycles. The molecule has 12 heavy (non-hydrogen) atoms. The summed E-state index contributed by atoms with van der Waals surface area (Å²) in [4.78, 5) is 27.8. The summed E-state index contributed by atoms with van der Waals surface area (Å²) in [6.07, 6.45) is 0. The second-order valence-corrected chi connectivity index (χ2v) is 5.85. The summed E-state index contributed by atoms with van der Waals surface area (Å²) in [5.41, 5.74) is 0. The van der Waals surface area contributed by atoms with E-state index in [9.17, 15) is 9.36 Å². The van der Waals surface area contributed by atoms with Gasteiger partial charge in [-0.3, -0.25) is 9.36 Å². The molecule has 1 aliphatic rings. The van der Waals surface area contributed by atoms with Crippen LogP contribution in [0.2, 0.25) is 0 Å². The topological polar surface area (TPSA) is 94.8 Å². The number of rotatable bonds is 2. The molecule has 5 nitrogen and oxygen atoms in total.